The molecule has 2 aromatic rings. The number of nitrogens with zero attached hydrogens (tertiary/aromatic N) is 3. The van der Waals surface area contributed by atoms with Crippen LogP contribution in [0.4, 0.5) is 14.7 Å². The number of rotatable bonds is 4. The number of piperidine rings is 1. The molecule has 0 amide bonds. The van der Waals surface area contributed by atoms with Crippen molar-refractivity contribution in [3.8, 4) is 0 Å². The number of halogens is 3. The van der Waals surface area contributed by atoms with E-state index < -0.39 is 32.7 Å². The minimum absolute atomic E-state index is 0.0656. The molecule has 1 aromatic carbocycles. The third-order valence-electron chi connectivity index (χ3n) is 6.96. The molecule has 33 heavy (non-hydrogen) atoms. The van der Waals surface area contributed by atoms with Gasteiger partial charge >= 0.3 is 0 Å². The average Bonchev–Trinajstić information content (AvgIpc) is 3.46. The Morgan fingerprint density at radius 2 is 1.67 bits per heavy atom. The number of benzene rings is 1. The van der Waals surface area contributed by atoms with Crippen LogP contribution in [0, 0.1) is 28.9 Å². The largest absolute Gasteiger partial charge is 0.348 e. The molecule has 0 unspecified atom stereocenters. The number of anilines is 1. The molecule has 0 radical (unpaired) electrons. The van der Waals surface area contributed by atoms with Crippen LogP contribution in [0.5, 0.6) is 0 Å². The fourth-order valence-corrected chi connectivity index (χ4v) is 6.11. The van der Waals surface area contributed by atoms with Crippen molar-refractivity contribution in [2.45, 2.75) is 30.4 Å². The van der Waals surface area contributed by atoms with Gasteiger partial charge in [0.05, 0.1) is 30.6 Å². The summed E-state index contributed by atoms with van der Waals surface area (Å²) in [5, 5.41) is 0.515. The molecule has 3 fully saturated rings. The summed E-state index contributed by atoms with van der Waals surface area (Å²) in [5.41, 5.74) is 0.0740. The van der Waals surface area contributed by atoms with Crippen molar-refractivity contribution in [3.05, 3.63) is 46.7 Å². The first-order chi connectivity index (χ1) is 15.7. The van der Waals surface area contributed by atoms with Crippen molar-refractivity contribution in [1.82, 2.24) is 9.97 Å². The van der Waals surface area contributed by atoms with Gasteiger partial charge in [0.15, 0.2) is 16.1 Å². The zero-order valence-electron chi connectivity index (χ0n) is 18.0. The first-order valence-corrected chi connectivity index (χ1v) is 13.1. The minimum Gasteiger partial charge on any atom is -0.348 e. The highest BCUT2D eigenvalue weighted by Gasteiger charge is 2.59. The number of sulfone groups is 1. The van der Waals surface area contributed by atoms with Crippen LogP contribution in [0.25, 0.3) is 0 Å². The maximum atomic E-state index is 14.3. The molecule has 0 bridgehead atoms. The molecule has 3 aliphatic rings. The highest BCUT2D eigenvalue weighted by Crippen LogP contribution is 2.61. The molecule has 3 heterocycles. The minimum atomic E-state index is -4.01. The van der Waals surface area contributed by atoms with Gasteiger partial charge in [0, 0.05) is 30.3 Å². The molecule has 1 aromatic heterocycles. The summed E-state index contributed by atoms with van der Waals surface area (Å²) in [6, 6.07) is 1.95. The van der Waals surface area contributed by atoms with Gasteiger partial charge in [-0.2, -0.15) is 0 Å². The Morgan fingerprint density at radius 1 is 1.09 bits per heavy atom. The Kier molecular flexibility index (Phi) is 5.83. The molecule has 1 spiro atoms. The Bertz CT molecular complexity index is 1130. The Morgan fingerprint density at radius 3 is 2.21 bits per heavy atom. The molecule has 2 aliphatic heterocycles. The molecule has 5 rings (SSSR count). The van der Waals surface area contributed by atoms with Gasteiger partial charge < -0.3 is 14.4 Å². The number of ether oxygens (including phenoxy) is 2. The van der Waals surface area contributed by atoms with Crippen LogP contribution in [0.3, 0.4) is 0 Å². The van der Waals surface area contributed by atoms with Gasteiger partial charge in [0.1, 0.15) is 16.5 Å². The maximum Gasteiger partial charge on any atom is 0.225 e. The lowest BCUT2D eigenvalue weighted by Crippen LogP contribution is -2.37. The van der Waals surface area contributed by atoms with E-state index in [1.54, 1.807) is 12.4 Å². The highest BCUT2D eigenvalue weighted by molar-refractivity contribution is 7.90. The van der Waals surface area contributed by atoms with Gasteiger partial charge in [0.2, 0.25) is 5.95 Å². The highest BCUT2D eigenvalue weighted by atomic mass is 35.5. The van der Waals surface area contributed by atoms with Crippen molar-refractivity contribution in [2.75, 3.05) is 37.5 Å². The van der Waals surface area contributed by atoms with Gasteiger partial charge in [-0.25, -0.2) is 27.2 Å². The monoisotopic (exact) mass is 499 g/mol. The SMILES string of the molecule is CS(=O)(=O)c1c(F)cc(C2OCC3(CO2)C[C@@H]3C2CCN(c3ncc(Cl)cn3)CC2)cc1F. The number of aromatic nitrogens is 2. The van der Waals surface area contributed by atoms with E-state index in [-0.39, 0.29) is 11.0 Å². The smallest absolute Gasteiger partial charge is 0.225 e. The predicted molar refractivity (Wildman–Crippen MR) is 117 cm³/mol. The van der Waals surface area contributed by atoms with Crippen LogP contribution < -0.4 is 4.90 Å². The fraction of sp³-hybridized carbons (Fsp3) is 0.545. The van der Waals surface area contributed by atoms with Crippen molar-refractivity contribution >= 4 is 27.4 Å². The van der Waals surface area contributed by atoms with E-state index >= 15 is 0 Å². The summed E-state index contributed by atoms with van der Waals surface area (Å²) in [7, 11) is -4.01. The number of hydrogen-bond acceptors (Lipinski definition) is 7. The Balaban J connectivity index is 1.18. The average molecular weight is 500 g/mol. The van der Waals surface area contributed by atoms with Crippen molar-refractivity contribution in [1.29, 1.82) is 0 Å². The van der Waals surface area contributed by atoms with Crippen LogP contribution in [0.2, 0.25) is 5.02 Å². The summed E-state index contributed by atoms with van der Waals surface area (Å²) in [5.74, 6) is -0.563. The summed E-state index contributed by atoms with van der Waals surface area (Å²) in [4.78, 5) is 9.82. The van der Waals surface area contributed by atoms with Crippen LogP contribution in [-0.2, 0) is 19.3 Å². The third-order valence-corrected chi connectivity index (χ3v) is 8.29. The van der Waals surface area contributed by atoms with Crippen molar-refractivity contribution < 1.29 is 26.7 Å². The molecule has 7 nitrogen and oxygen atoms in total. The van der Waals surface area contributed by atoms with Gasteiger partial charge in [-0.1, -0.05) is 11.6 Å². The summed E-state index contributed by atoms with van der Waals surface area (Å²) >= 11 is 5.87. The topological polar surface area (TPSA) is 81.6 Å². The summed E-state index contributed by atoms with van der Waals surface area (Å²) < 4.78 is 63.4. The predicted octanol–water partition coefficient (Wildman–Crippen LogP) is 3.78. The molecule has 1 aliphatic carbocycles. The lowest BCUT2D eigenvalue weighted by Gasteiger charge is -2.35. The lowest BCUT2D eigenvalue weighted by molar-refractivity contribution is -0.216. The normalized spacial score (nSPS) is 28.3. The zero-order chi connectivity index (χ0) is 23.4. The molecule has 1 saturated carbocycles. The fourth-order valence-electron chi connectivity index (χ4n) is 5.18. The second-order valence-electron chi connectivity index (χ2n) is 9.24. The van der Waals surface area contributed by atoms with Crippen LogP contribution >= 0.6 is 11.6 Å². The Hall–Kier alpha value is -1.88. The first kappa shape index (κ1) is 22.9. The molecule has 2 saturated heterocycles. The van der Waals surface area contributed by atoms with Gasteiger partial charge in [0.25, 0.3) is 0 Å². The van der Waals surface area contributed by atoms with E-state index in [0.29, 0.717) is 36.0 Å². The second kappa shape index (κ2) is 8.41. The molecular weight excluding hydrogens is 476 g/mol. The third kappa shape index (κ3) is 4.45. The van der Waals surface area contributed by atoms with Crippen LogP contribution in [0.15, 0.2) is 29.4 Å². The van der Waals surface area contributed by atoms with Crippen LogP contribution in [0.1, 0.15) is 31.1 Å². The molecule has 0 N–H and O–H groups in total. The first-order valence-electron chi connectivity index (χ1n) is 10.8. The molecular formula is C22H24ClF2N3O4S. The van der Waals surface area contributed by atoms with Crippen molar-refractivity contribution in [2.24, 2.45) is 17.3 Å². The summed E-state index contributed by atoms with van der Waals surface area (Å²) in [6.07, 6.45) is 6.09. The van der Waals surface area contributed by atoms with Crippen LogP contribution in [-0.4, -0.2) is 50.9 Å². The molecule has 11 heteroatoms. The standard InChI is InChI=1S/C22H24ClF2N3O4S/c1-33(29,30)19-17(24)6-14(7-18(19)25)20-31-11-22(12-32-20)8-16(22)13-2-4-28(5-3-13)21-26-9-15(23)10-27-21/h6-7,9-10,13,16,20H,2-5,8,11-12H2,1H3/t16-,20?,22?/m1/s1. The van der Waals surface area contributed by atoms with E-state index in [4.69, 9.17) is 21.1 Å². The van der Waals surface area contributed by atoms with E-state index in [1.165, 1.54) is 0 Å². The van der Waals surface area contributed by atoms with Gasteiger partial charge in [-0.05, 0) is 43.2 Å². The molecule has 178 valence electrons. The van der Waals surface area contributed by atoms with E-state index in [0.717, 1.165) is 50.7 Å². The van der Waals surface area contributed by atoms with E-state index in [2.05, 4.69) is 14.9 Å². The van der Waals surface area contributed by atoms with E-state index in [1.807, 2.05) is 0 Å². The number of hydrogen-bond donors (Lipinski definition) is 0. The zero-order valence-corrected chi connectivity index (χ0v) is 19.6. The molecule has 1 atom stereocenters. The summed E-state index contributed by atoms with van der Waals surface area (Å²) in [6.45, 7) is 2.63. The Labute approximate surface area is 196 Å². The van der Waals surface area contributed by atoms with Gasteiger partial charge in [-0.15, -0.1) is 0 Å². The van der Waals surface area contributed by atoms with Crippen molar-refractivity contribution in [3.63, 3.8) is 0 Å². The lowest BCUT2D eigenvalue weighted by atomic mass is 9.87. The quantitative estimate of drug-likeness (QED) is 0.633. The second-order valence-corrected chi connectivity index (χ2v) is 11.6. The van der Waals surface area contributed by atoms with E-state index in [9.17, 15) is 17.2 Å². The maximum absolute atomic E-state index is 14.3. The van der Waals surface area contributed by atoms with Gasteiger partial charge in [-0.3, -0.25) is 0 Å².